The van der Waals surface area contributed by atoms with E-state index in [1.807, 2.05) is 13.8 Å². The maximum Gasteiger partial charge on any atom is 0.259 e. The van der Waals surface area contributed by atoms with Gasteiger partial charge in [-0.15, -0.1) is 11.3 Å². The van der Waals surface area contributed by atoms with Gasteiger partial charge in [0.15, 0.2) is 0 Å². The van der Waals surface area contributed by atoms with Gasteiger partial charge in [0.05, 0.1) is 5.39 Å². The number of hydrogen-bond donors (Lipinski definition) is 3. The van der Waals surface area contributed by atoms with E-state index in [0.29, 0.717) is 28.1 Å². The lowest BCUT2D eigenvalue weighted by Gasteiger charge is -2.08. The molecule has 8 heteroatoms. The van der Waals surface area contributed by atoms with Crippen LogP contribution in [0.1, 0.15) is 35.5 Å². The molecule has 1 aliphatic rings. The van der Waals surface area contributed by atoms with Gasteiger partial charge in [0.25, 0.3) is 5.56 Å². The lowest BCUT2D eigenvalue weighted by Crippen LogP contribution is -2.16. The summed E-state index contributed by atoms with van der Waals surface area (Å²) in [5.41, 5.74) is 2.17. The minimum Gasteiger partial charge on any atom is -0.326 e. The van der Waals surface area contributed by atoms with Crippen molar-refractivity contribution in [3.8, 4) is 0 Å². The van der Waals surface area contributed by atoms with Crippen LogP contribution in [-0.4, -0.2) is 21.8 Å². The summed E-state index contributed by atoms with van der Waals surface area (Å²) in [7, 11) is 0. The Hall–Kier alpha value is -3.00. The average molecular weight is 410 g/mol. The van der Waals surface area contributed by atoms with Crippen molar-refractivity contribution >= 4 is 44.7 Å². The van der Waals surface area contributed by atoms with E-state index in [4.69, 9.17) is 0 Å². The average Bonchev–Trinajstić information content (AvgIpc) is 3.48. The SMILES string of the molecule is Cc1sc2nc(CCC(=O)Nc3ccc(NC(=O)C4CC4)cc3)[nH]c(=O)c2c1C. The van der Waals surface area contributed by atoms with Gasteiger partial charge in [-0.1, -0.05) is 0 Å². The first-order valence-corrected chi connectivity index (χ1v) is 10.4. The molecular weight excluding hydrogens is 388 g/mol. The number of nitrogens with zero attached hydrogens (tertiary/aromatic N) is 1. The number of H-pyrrole nitrogens is 1. The number of carbonyl (C=O) groups excluding carboxylic acids is 2. The highest BCUT2D eigenvalue weighted by Crippen LogP contribution is 2.30. The summed E-state index contributed by atoms with van der Waals surface area (Å²) in [4.78, 5) is 45.4. The van der Waals surface area contributed by atoms with Crippen molar-refractivity contribution in [1.82, 2.24) is 9.97 Å². The van der Waals surface area contributed by atoms with Gasteiger partial charge in [-0.2, -0.15) is 0 Å². The number of nitrogens with one attached hydrogen (secondary N) is 3. The van der Waals surface area contributed by atoms with Gasteiger partial charge < -0.3 is 15.6 Å². The van der Waals surface area contributed by atoms with Gasteiger partial charge >= 0.3 is 0 Å². The van der Waals surface area contributed by atoms with E-state index < -0.39 is 0 Å². The van der Waals surface area contributed by atoms with Crippen molar-refractivity contribution in [2.45, 2.75) is 39.5 Å². The second-order valence-electron chi connectivity index (χ2n) is 7.37. The molecule has 3 N–H and O–H groups in total. The second-order valence-corrected chi connectivity index (χ2v) is 8.57. The van der Waals surface area contributed by atoms with Crippen molar-refractivity contribution in [2.75, 3.05) is 10.6 Å². The van der Waals surface area contributed by atoms with Crippen molar-refractivity contribution in [1.29, 1.82) is 0 Å². The van der Waals surface area contributed by atoms with Crippen molar-refractivity contribution in [2.24, 2.45) is 5.92 Å². The summed E-state index contributed by atoms with van der Waals surface area (Å²) in [5.74, 6) is 0.546. The fraction of sp³-hybridized carbons (Fsp3) is 0.333. The topological polar surface area (TPSA) is 104 Å². The van der Waals surface area contributed by atoms with Gasteiger partial charge in [-0.25, -0.2) is 4.98 Å². The van der Waals surface area contributed by atoms with Crippen LogP contribution in [0.2, 0.25) is 0 Å². The number of hydrogen-bond acceptors (Lipinski definition) is 5. The number of rotatable bonds is 6. The third-order valence-corrected chi connectivity index (χ3v) is 6.16. The summed E-state index contributed by atoms with van der Waals surface area (Å²) >= 11 is 1.49. The van der Waals surface area contributed by atoms with Crippen molar-refractivity contribution in [3.05, 3.63) is 50.9 Å². The molecule has 4 rings (SSSR count). The Morgan fingerprint density at radius 1 is 1.14 bits per heavy atom. The van der Waals surface area contributed by atoms with E-state index in [9.17, 15) is 14.4 Å². The Morgan fingerprint density at radius 3 is 2.45 bits per heavy atom. The lowest BCUT2D eigenvalue weighted by atomic mass is 10.2. The molecule has 1 aliphatic carbocycles. The van der Waals surface area contributed by atoms with E-state index in [2.05, 4.69) is 20.6 Å². The van der Waals surface area contributed by atoms with Gasteiger partial charge in [-0.05, 0) is 56.5 Å². The molecule has 7 nitrogen and oxygen atoms in total. The second kappa shape index (κ2) is 7.79. The molecular formula is C21H22N4O3S. The zero-order valence-electron chi connectivity index (χ0n) is 16.3. The number of amides is 2. The Morgan fingerprint density at radius 2 is 1.79 bits per heavy atom. The van der Waals surface area contributed by atoms with Gasteiger partial charge in [0.1, 0.15) is 10.7 Å². The molecule has 150 valence electrons. The number of aromatic amines is 1. The van der Waals surface area contributed by atoms with E-state index >= 15 is 0 Å². The number of aromatic nitrogens is 2. The zero-order chi connectivity index (χ0) is 20.5. The highest BCUT2D eigenvalue weighted by molar-refractivity contribution is 7.18. The predicted octanol–water partition coefficient (Wildman–Crippen LogP) is 3.52. The van der Waals surface area contributed by atoms with Crippen molar-refractivity contribution in [3.63, 3.8) is 0 Å². The molecule has 2 amide bonds. The maximum atomic E-state index is 12.3. The Kier molecular flexibility index (Phi) is 5.19. The van der Waals surface area contributed by atoms with E-state index in [1.165, 1.54) is 11.3 Å². The van der Waals surface area contributed by atoms with Crippen LogP contribution in [0, 0.1) is 19.8 Å². The predicted molar refractivity (Wildman–Crippen MR) is 114 cm³/mol. The maximum absolute atomic E-state index is 12.3. The van der Waals surface area contributed by atoms with E-state index in [0.717, 1.165) is 29.0 Å². The smallest absolute Gasteiger partial charge is 0.259 e. The van der Waals surface area contributed by atoms with Crippen LogP contribution in [-0.2, 0) is 16.0 Å². The van der Waals surface area contributed by atoms with Crippen LogP contribution < -0.4 is 16.2 Å². The summed E-state index contributed by atoms with van der Waals surface area (Å²) in [6.07, 6.45) is 2.47. The molecule has 0 spiro atoms. The minimum atomic E-state index is -0.166. The summed E-state index contributed by atoms with van der Waals surface area (Å²) in [6, 6.07) is 7.04. The molecule has 1 fully saturated rings. The fourth-order valence-electron chi connectivity index (χ4n) is 3.10. The van der Waals surface area contributed by atoms with Crippen LogP contribution in [0.5, 0.6) is 0 Å². The lowest BCUT2D eigenvalue weighted by molar-refractivity contribution is -0.117. The molecule has 2 heterocycles. The third kappa shape index (κ3) is 4.37. The van der Waals surface area contributed by atoms with E-state index in [1.54, 1.807) is 24.3 Å². The largest absolute Gasteiger partial charge is 0.326 e. The van der Waals surface area contributed by atoms with Crippen LogP contribution in [0.4, 0.5) is 11.4 Å². The highest BCUT2D eigenvalue weighted by Gasteiger charge is 2.29. The first-order valence-electron chi connectivity index (χ1n) is 9.60. The van der Waals surface area contributed by atoms with Gasteiger partial charge in [0, 0.05) is 35.0 Å². The molecule has 0 saturated heterocycles. The molecule has 3 aromatic rings. The first kappa shape index (κ1) is 19.3. The quantitative estimate of drug-likeness (QED) is 0.578. The van der Waals surface area contributed by atoms with Gasteiger partial charge in [-0.3, -0.25) is 14.4 Å². The number of aryl methyl sites for hydroxylation is 3. The Balaban J connectivity index is 1.34. The molecule has 0 unspecified atom stereocenters. The van der Waals surface area contributed by atoms with Crippen LogP contribution in [0.3, 0.4) is 0 Å². The number of benzene rings is 1. The number of anilines is 2. The van der Waals surface area contributed by atoms with Crippen LogP contribution in [0.25, 0.3) is 10.2 Å². The molecule has 1 saturated carbocycles. The van der Waals surface area contributed by atoms with Crippen LogP contribution in [0.15, 0.2) is 29.1 Å². The fourth-order valence-corrected chi connectivity index (χ4v) is 4.15. The summed E-state index contributed by atoms with van der Waals surface area (Å²) in [5, 5.41) is 6.32. The molecule has 1 aromatic carbocycles. The number of thiophene rings is 1. The number of fused-ring (bicyclic) bond motifs is 1. The molecule has 0 bridgehead atoms. The molecule has 0 atom stereocenters. The van der Waals surface area contributed by atoms with E-state index in [-0.39, 0.29) is 29.7 Å². The van der Waals surface area contributed by atoms with Crippen LogP contribution >= 0.6 is 11.3 Å². The third-order valence-electron chi connectivity index (χ3n) is 5.06. The molecule has 0 aliphatic heterocycles. The minimum absolute atomic E-state index is 0.0522. The van der Waals surface area contributed by atoms with Crippen molar-refractivity contribution < 1.29 is 9.59 Å². The molecule has 0 radical (unpaired) electrons. The molecule has 29 heavy (non-hydrogen) atoms. The molecule has 2 aromatic heterocycles. The first-order chi connectivity index (χ1) is 13.9. The standard InChI is InChI=1S/C21H22N4O3S/c1-11-12(2)29-21-18(11)20(28)24-16(25-21)9-10-17(26)22-14-5-7-15(8-6-14)23-19(27)13-3-4-13/h5-8,13H,3-4,9-10H2,1-2H3,(H,22,26)(H,23,27)(H,24,25,28). The highest BCUT2D eigenvalue weighted by atomic mass is 32.1. The Labute approximate surface area is 171 Å². The summed E-state index contributed by atoms with van der Waals surface area (Å²) < 4.78 is 0. The monoisotopic (exact) mass is 410 g/mol. The van der Waals surface area contributed by atoms with Gasteiger partial charge in [0.2, 0.25) is 11.8 Å². The normalized spacial score (nSPS) is 13.4. The Bertz CT molecular complexity index is 1140. The zero-order valence-corrected chi connectivity index (χ0v) is 17.1. The summed E-state index contributed by atoms with van der Waals surface area (Å²) in [6.45, 7) is 3.89. The number of carbonyl (C=O) groups is 2.